The van der Waals surface area contributed by atoms with Gasteiger partial charge in [-0.05, 0) is 24.6 Å². The fraction of sp³-hybridized carbons (Fsp3) is 0.222. The molecule has 0 radical (unpaired) electrons. The number of nitrogens with zero attached hydrogens (tertiary/aromatic N) is 1. The molecule has 2 heterocycles. The van der Waals surface area contributed by atoms with Gasteiger partial charge in [-0.25, -0.2) is 0 Å². The predicted octanol–water partition coefficient (Wildman–Crippen LogP) is 1.49. The minimum atomic E-state index is 0. The fourth-order valence-corrected chi connectivity index (χ4v) is 1.38. The van der Waals surface area contributed by atoms with E-state index in [4.69, 9.17) is 5.73 Å². The number of pyridine rings is 1. The third-order valence-corrected chi connectivity index (χ3v) is 1.98. The molecule has 0 aliphatic carbocycles. The molecule has 70 valence electrons. The minimum Gasteiger partial charge on any atom is -0.361 e. The molecule has 0 saturated carbocycles. The molecule has 4 heteroatoms. The van der Waals surface area contributed by atoms with Crippen LogP contribution in [0.1, 0.15) is 5.56 Å². The predicted molar refractivity (Wildman–Crippen MR) is 56.1 cm³/mol. The molecule has 0 fully saturated rings. The van der Waals surface area contributed by atoms with E-state index in [1.54, 1.807) is 6.20 Å². The van der Waals surface area contributed by atoms with Crippen molar-refractivity contribution in [1.82, 2.24) is 9.97 Å². The van der Waals surface area contributed by atoms with Crippen LogP contribution >= 0.6 is 12.4 Å². The quantitative estimate of drug-likeness (QED) is 0.767. The van der Waals surface area contributed by atoms with E-state index >= 15 is 0 Å². The zero-order valence-electron chi connectivity index (χ0n) is 7.16. The van der Waals surface area contributed by atoms with E-state index in [1.807, 2.05) is 18.5 Å². The molecule has 2 rings (SSSR count). The summed E-state index contributed by atoms with van der Waals surface area (Å²) in [7, 11) is 0. The van der Waals surface area contributed by atoms with Crippen LogP contribution in [0, 0.1) is 0 Å². The Labute approximate surface area is 82.8 Å². The van der Waals surface area contributed by atoms with E-state index in [9.17, 15) is 0 Å². The number of H-pyrrole nitrogens is 1. The second-order valence-electron chi connectivity index (χ2n) is 2.77. The lowest BCUT2D eigenvalue weighted by Gasteiger charge is -1.93. The van der Waals surface area contributed by atoms with Crippen LogP contribution in [-0.2, 0) is 6.42 Å². The number of nitrogens with two attached hydrogens (primary N) is 1. The highest BCUT2D eigenvalue weighted by atomic mass is 35.5. The molecule has 13 heavy (non-hydrogen) atoms. The first-order valence-electron chi connectivity index (χ1n) is 4.02. The summed E-state index contributed by atoms with van der Waals surface area (Å²) in [6.07, 6.45) is 6.56. The summed E-state index contributed by atoms with van der Waals surface area (Å²) in [5.74, 6) is 0. The summed E-state index contributed by atoms with van der Waals surface area (Å²) in [6, 6.07) is 1.97. The second kappa shape index (κ2) is 4.25. The van der Waals surface area contributed by atoms with Crippen LogP contribution in [0.4, 0.5) is 0 Å². The number of halogens is 1. The van der Waals surface area contributed by atoms with Crippen molar-refractivity contribution < 1.29 is 0 Å². The molecule has 0 aromatic carbocycles. The highest BCUT2D eigenvalue weighted by Gasteiger charge is 2.00. The van der Waals surface area contributed by atoms with E-state index in [2.05, 4.69) is 9.97 Å². The van der Waals surface area contributed by atoms with Crippen LogP contribution in [0.5, 0.6) is 0 Å². The number of rotatable bonds is 2. The van der Waals surface area contributed by atoms with Crippen molar-refractivity contribution in [2.75, 3.05) is 6.54 Å². The highest BCUT2D eigenvalue weighted by molar-refractivity contribution is 5.85. The molecule has 0 aliphatic rings. The first-order valence-corrected chi connectivity index (χ1v) is 4.02. The summed E-state index contributed by atoms with van der Waals surface area (Å²) in [5.41, 5.74) is 7.86. The van der Waals surface area contributed by atoms with Crippen LogP contribution in [0.25, 0.3) is 10.9 Å². The molecule has 2 aromatic heterocycles. The first kappa shape index (κ1) is 10.0. The second-order valence-corrected chi connectivity index (χ2v) is 2.77. The normalized spacial score (nSPS) is 9.92. The van der Waals surface area contributed by atoms with Gasteiger partial charge in [0.2, 0.25) is 0 Å². The first-order chi connectivity index (χ1) is 5.92. The van der Waals surface area contributed by atoms with Crippen molar-refractivity contribution >= 4 is 23.3 Å². The van der Waals surface area contributed by atoms with E-state index < -0.39 is 0 Å². The third-order valence-electron chi connectivity index (χ3n) is 1.98. The van der Waals surface area contributed by atoms with Gasteiger partial charge in [-0.3, -0.25) is 4.98 Å². The van der Waals surface area contributed by atoms with Gasteiger partial charge in [0.15, 0.2) is 0 Å². The molecule has 0 spiro atoms. The van der Waals surface area contributed by atoms with Crippen LogP contribution in [-0.4, -0.2) is 16.5 Å². The smallest absolute Gasteiger partial charge is 0.0487 e. The SMILES string of the molecule is Cl.NCCc1c[nH]c2ccncc12. The van der Waals surface area contributed by atoms with E-state index in [-0.39, 0.29) is 12.4 Å². The molecule has 0 bridgehead atoms. The number of aromatic nitrogens is 2. The molecule has 0 aliphatic heterocycles. The third kappa shape index (κ3) is 1.82. The van der Waals surface area contributed by atoms with Gasteiger partial charge in [0.1, 0.15) is 0 Å². The Morgan fingerprint density at radius 2 is 2.31 bits per heavy atom. The van der Waals surface area contributed by atoms with Crippen LogP contribution in [0.15, 0.2) is 24.7 Å². The van der Waals surface area contributed by atoms with Gasteiger partial charge in [-0.15, -0.1) is 12.4 Å². The summed E-state index contributed by atoms with van der Waals surface area (Å²) in [5, 5.41) is 1.18. The van der Waals surface area contributed by atoms with Gasteiger partial charge in [0.25, 0.3) is 0 Å². The molecule has 0 amide bonds. The number of hydrogen-bond acceptors (Lipinski definition) is 2. The maximum Gasteiger partial charge on any atom is 0.0487 e. The van der Waals surface area contributed by atoms with Crippen molar-refractivity contribution in [2.24, 2.45) is 5.73 Å². The lowest BCUT2D eigenvalue weighted by molar-refractivity contribution is 0.976. The molecule has 0 unspecified atom stereocenters. The number of aromatic amines is 1. The van der Waals surface area contributed by atoms with Gasteiger partial charge in [0, 0.05) is 29.5 Å². The lowest BCUT2D eigenvalue weighted by atomic mass is 10.2. The standard InChI is InChI=1S/C9H11N3.ClH/c10-3-1-7-5-12-9-2-4-11-6-8(7)9;/h2,4-6,12H,1,3,10H2;1H. The Hall–Kier alpha value is -1.06. The zero-order chi connectivity index (χ0) is 8.39. The van der Waals surface area contributed by atoms with Crippen molar-refractivity contribution in [3.63, 3.8) is 0 Å². The maximum absolute atomic E-state index is 5.48. The van der Waals surface area contributed by atoms with Crippen molar-refractivity contribution in [3.8, 4) is 0 Å². The summed E-state index contributed by atoms with van der Waals surface area (Å²) in [6.45, 7) is 0.682. The van der Waals surface area contributed by atoms with E-state index in [1.165, 1.54) is 10.9 Å². The van der Waals surface area contributed by atoms with Gasteiger partial charge in [-0.2, -0.15) is 0 Å². The van der Waals surface area contributed by atoms with Crippen LogP contribution < -0.4 is 5.73 Å². The van der Waals surface area contributed by atoms with Crippen molar-refractivity contribution in [2.45, 2.75) is 6.42 Å². The van der Waals surface area contributed by atoms with Gasteiger partial charge >= 0.3 is 0 Å². The van der Waals surface area contributed by atoms with Crippen LogP contribution in [0.2, 0.25) is 0 Å². The Morgan fingerprint density at radius 3 is 3.08 bits per heavy atom. The van der Waals surface area contributed by atoms with Gasteiger partial charge in [0.05, 0.1) is 0 Å². The Balaban J connectivity index is 0.000000845. The van der Waals surface area contributed by atoms with Crippen LogP contribution in [0.3, 0.4) is 0 Å². The summed E-state index contributed by atoms with van der Waals surface area (Å²) in [4.78, 5) is 7.24. The molecule has 0 saturated heterocycles. The average Bonchev–Trinajstić information content (AvgIpc) is 2.50. The lowest BCUT2D eigenvalue weighted by Crippen LogP contribution is -2.01. The molecular weight excluding hydrogens is 186 g/mol. The topological polar surface area (TPSA) is 54.7 Å². The highest BCUT2D eigenvalue weighted by Crippen LogP contribution is 2.15. The molecule has 2 aromatic rings. The molecular formula is C9H12ClN3. The zero-order valence-corrected chi connectivity index (χ0v) is 7.97. The average molecular weight is 198 g/mol. The maximum atomic E-state index is 5.48. The largest absolute Gasteiger partial charge is 0.361 e. The van der Waals surface area contributed by atoms with Gasteiger partial charge in [-0.1, -0.05) is 0 Å². The summed E-state index contributed by atoms with van der Waals surface area (Å²) >= 11 is 0. The number of fused-ring (bicyclic) bond motifs is 1. The van der Waals surface area contributed by atoms with Crippen molar-refractivity contribution in [3.05, 3.63) is 30.2 Å². The molecule has 3 N–H and O–H groups in total. The molecule has 0 atom stereocenters. The van der Waals surface area contributed by atoms with Gasteiger partial charge < -0.3 is 10.7 Å². The van der Waals surface area contributed by atoms with Crippen molar-refractivity contribution in [1.29, 1.82) is 0 Å². The Morgan fingerprint density at radius 1 is 1.46 bits per heavy atom. The Kier molecular flexibility index (Phi) is 3.28. The summed E-state index contributed by atoms with van der Waals surface area (Å²) < 4.78 is 0. The number of hydrogen-bond donors (Lipinski definition) is 2. The monoisotopic (exact) mass is 197 g/mol. The Bertz CT molecular complexity index is 383. The fourth-order valence-electron chi connectivity index (χ4n) is 1.38. The van der Waals surface area contributed by atoms with E-state index in [0.29, 0.717) is 6.54 Å². The molecule has 3 nitrogen and oxygen atoms in total. The minimum absolute atomic E-state index is 0. The number of nitrogens with one attached hydrogen (secondary N) is 1. The van der Waals surface area contributed by atoms with E-state index in [0.717, 1.165) is 11.9 Å².